The summed E-state index contributed by atoms with van der Waals surface area (Å²) in [6.07, 6.45) is 9.10. The molecule has 6 atom stereocenters. The van der Waals surface area contributed by atoms with Gasteiger partial charge in [0, 0.05) is 79.7 Å². The van der Waals surface area contributed by atoms with Crippen molar-refractivity contribution >= 4 is 71.1 Å². The Morgan fingerprint density at radius 1 is 0.545 bits per heavy atom. The molecule has 4 fully saturated rings. The van der Waals surface area contributed by atoms with Crippen molar-refractivity contribution in [3.8, 4) is 0 Å². The van der Waals surface area contributed by atoms with Gasteiger partial charge in [0.15, 0.2) is 0 Å². The van der Waals surface area contributed by atoms with Crippen LogP contribution in [-0.2, 0) is 49.5 Å². The normalized spacial score (nSPS) is 20.3. The maximum atomic E-state index is 13.2. The lowest BCUT2D eigenvalue weighted by atomic mass is 10.0. The number of amides is 9. The fourth-order valence-electron chi connectivity index (χ4n) is 9.27. The van der Waals surface area contributed by atoms with Crippen LogP contribution in [-0.4, -0.2) is 190 Å². The summed E-state index contributed by atoms with van der Waals surface area (Å²) in [6.45, 7) is 9.72. The molecular weight excluding hydrogens is 1030 g/mol. The van der Waals surface area contributed by atoms with E-state index in [1.54, 1.807) is 29.2 Å². The molecule has 0 unspecified atom stereocenters. The van der Waals surface area contributed by atoms with E-state index in [0.717, 1.165) is 55.6 Å². The number of nitrogens with zero attached hydrogens (tertiary/aromatic N) is 1. The number of thioether (sulfide) groups is 2. The second-order valence-corrected chi connectivity index (χ2v) is 23.4. The highest BCUT2D eigenvalue weighted by Gasteiger charge is 2.43. The average Bonchev–Trinajstić information content (AvgIpc) is 4.17. The zero-order valence-electron chi connectivity index (χ0n) is 45.4. The Kier molecular flexibility index (Phi) is 28.5. The van der Waals surface area contributed by atoms with E-state index < -0.39 is 5.60 Å². The zero-order chi connectivity index (χ0) is 55.3. The SMILES string of the molecule is CC(C)(C)OC(=O)CCOCCOCCOCCNC(=O)c1ccc(CN(CC(=O)NCCCCNC(=O)CCCC[C@@H]2SC[C@@H]3NC(=O)N[C@@H]32)CC(=O)NCCCCNC(=O)CCCC[C@@H]2SC[C@@H]3NC(=O)N[C@@H]32)cc1. The van der Waals surface area contributed by atoms with Gasteiger partial charge in [-0.1, -0.05) is 25.0 Å². The summed E-state index contributed by atoms with van der Waals surface area (Å²) in [7, 11) is 0. The number of ether oxygens (including phenoxy) is 4. The first-order valence-corrected chi connectivity index (χ1v) is 29.7. The number of nitrogens with one attached hydrogen (secondary N) is 9. The number of hydrogen-bond acceptors (Lipinski definition) is 15. The third-order valence-corrected chi connectivity index (χ3v) is 16.2. The Bertz CT molecular complexity index is 1950. The minimum atomic E-state index is -0.526. The maximum absolute atomic E-state index is 13.2. The first-order valence-electron chi connectivity index (χ1n) is 27.6. The minimum Gasteiger partial charge on any atom is -0.460 e. The van der Waals surface area contributed by atoms with Gasteiger partial charge >= 0.3 is 18.0 Å². The summed E-state index contributed by atoms with van der Waals surface area (Å²) in [5, 5.41) is 27.3. The molecule has 4 saturated heterocycles. The van der Waals surface area contributed by atoms with Crippen molar-refractivity contribution in [2.45, 2.75) is 151 Å². The lowest BCUT2D eigenvalue weighted by molar-refractivity contribution is -0.156. The molecule has 24 heteroatoms. The molecule has 4 aliphatic heterocycles. The molecule has 1 aromatic carbocycles. The van der Waals surface area contributed by atoms with Gasteiger partial charge in [0.25, 0.3) is 5.91 Å². The molecule has 0 aliphatic carbocycles. The van der Waals surface area contributed by atoms with Crippen LogP contribution in [0.5, 0.6) is 0 Å². The molecule has 5 rings (SSSR count). The van der Waals surface area contributed by atoms with Crippen molar-refractivity contribution < 1.29 is 57.3 Å². The standard InChI is InChI=1S/C53H86N10O12S2/c1-53(2,3)75-47(68)20-26-72-28-30-74-31-29-73-27-25-58-50(69)38-18-16-37(17-19-38)32-63(33-45(66)56-23-10-8-21-54-43(64)14-6-4-12-41-48-39(35-76-41)59-51(70)61-48)34-46(67)57-24-11-9-22-55-44(65)15-7-5-13-42-49-40(36-77-42)60-52(71)62-49/h16-19,39-42,48-49H,4-15,20-36H2,1-3H3,(H,54,64)(H,55,65)(H,56,66)(H,57,67)(H,58,69)(H2,59,61,70)(H2,60,62,71)/t39-,40-,41-,42-,48-,49-/m0/s1. The number of unbranched alkanes of at least 4 members (excludes halogenated alkanes) is 4. The van der Waals surface area contributed by atoms with Crippen LogP contribution in [0.4, 0.5) is 9.59 Å². The lowest BCUT2D eigenvalue weighted by Crippen LogP contribution is -2.43. The van der Waals surface area contributed by atoms with Gasteiger partial charge in [-0.05, 0) is 89.8 Å². The molecule has 1 aromatic rings. The number of hydrogen-bond donors (Lipinski definition) is 9. The van der Waals surface area contributed by atoms with Crippen LogP contribution >= 0.6 is 23.5 Å². The van der Waals surface area contributed by atoms with E-state index in [9.17, 15) is 38.4 Å². The van der Waals surface area contributed by atoms with Gasteiger partial charge in [-0.3, -0.25) is 33.7 Å². The van der Waals surface area contributed by atoms with Crippen LogP contribution < -0.4 is 47.9 Å². The number of rotatable bonds is 39. The molecule has 77 heavy (non-hydrogen) atoms. The van der Waals surface area contributed by atoms with Crippen LogP contribution in [0.1, 0.15) is 120 Å². The van der Waals surface area contributed by atoms with Crippen molar-refractivity contribution in [1.82, 2.24) is 52.8 Å². The highest BCUT2D eigenvalue weighted by Crippen LogP contribution is 2.34. The lowest BCUT2D eigenvalue weighted by Gasteiger charge is -2.22. The summed E-state index contributed by atoms with van der Waals surface area (Å²) >= 11 is 3.74. The largest absolute Gasteiger partial charge is 0.460 e. The fraction of sp³-hybridized carbons (Fsp3) is 0.736. The number of esters is 1. The number of fused-ring (bicyclic) bond motifs is 2. The highest BCUT2D eigenvalue weighted by atomic mass is 32.2. The summed E-state index contributed by atoms with van der Waals surface area (Å²) in [6, 6.07) is 7.53. The Hall–Kier alpha value is -4.88. The molecular formula is C53H86N10O12S2. The van der Waals surface area contributed by atoms with Gasteiger partial charge in [-0.25, -0.2) is 9.59 Å². The van der Waals surface area contributed by atoms with Gasteiger partial charge in [0.2, 0.25) is 23.6 Å². The number of urea groups is 2. The zero-order valence-corrected chi connectivity index (χ0v) is 47.1. The van der Waals surface area contributed by atoms with E-state index in [2.05, 4.69) is 47.9 Å². The molecule has 4 aliphatic rings. The van der Waals surface area contributed by atoms with Crippen molar-refractivity contribution in [1.29, 1.82) is 0 Å². The number of carbonyl (C=O) groups is 8. The van der Waals surface area contributed by atoms with Gasteiger partial charge in [0.1, 0.15) is 5.60 Å². The Morgan fingerprint density at radius 2 is 1.00 bits per heavy atom. The first kappa shape index (κ1) is 63.0. The predicted molar refractivity (Wildman–Crippen MR) is 295 cm³/mol. The van der Waals surface area contributed by atoms with E-state index >= 15 is 0 Å². The van der Waals surface area contributed by atoms with Crippen molar-refractivity contribution in [3.05, 3.63) is 35.4 Å². The van der Waals surface area contributed by atoms with Crippen LogP contribution in [0.15, 0.2) is 24.3 Å². The van der Waals surface area contributed by atoms with Crippen molar-refractivity contribution in [2.75, 3.05) is 97.0 Å². The molecule has 0 aromatic heterocycles. The summed E-state index contributed by atoms with van der Waals surface area (Å²) < 4.78 is 21.7. The molecule has 0 bridgehead atoms. The van der Waals surface area contributed by atoms with Crippen molar-refractivity contribution in [3.63, 3.8) is 0 Å². The maximum Gasteiger partial charge on any atom is 0.315 e. The molecule has 432 valence electrons. The van der Waals surface area contributed by atoms with E-state index in [-0.39, 0.29) is 104 Å². The molecule has 0 spiro atoms. The minimum absolute atomic E-state index is 0.00399. The molecule has 9 amide bonds. The summed E-state index contributed by atoms with van der Waals surface area (Å²) in [5.41, 5.74) is 0.730. The third kappa shape index (κ3) is 25.6. The topological polar surface area (TPSA) is 285 Å². The van der Waals surface area contributed by atoms with E-state index in [1.165, 1.54) is 0 Å². The van der Waals surface area contributed by atoms with E-state index in [0.29, 0.717) is 120 Å². The molecule has 9 N–H and O–H groups in total. The fourth-order valence-corrected chi connectivity index (χ4v) is 12.4. The third-order valence-electron chi connectivity index (χ3n) is 13.2. The van der Waals surface area contributed by atoms with E-state index in [4.69, 9.17) is 18.9 Å². The smallest absolute Gasteiger partial charge is 0.315 e. The Labute approximate surface area is 462 Å². The second kappa shape index (κ2) is 34.9. The molecule has 0 saturated carbocycles. The van der Waals surface area contributed by atoms with Crippen LogP contribution in [0.25, 0.3) is 0 Å². The molecule has 0 radical (unpaired) electrons. The first-order chi connectivity index (χ1) is 37.1. The van der Waals surface area contributed by atoms with Gasteiger partial charge in [-0.15, -0.1) is 0 Å². The van der Waals surface area contributed by atoms with Crippen molar-refractivity contribution in [2.24, 2.45) is 0 Å². The number of carbonyl (C=O) groups excluding carboxylic acids is 8. The van der Waals surface area contributed by atoms with Gasteiger partial charge < -0.3 is 66.8 Å². The van der Waals surface area contributed by atoms with Gasteiger partial charge in [0.05, 0.1) is 83.3 Å². The average molecular weight is 1120 g/mol. The van der Waals surface area contributed by atoms with Crippen LogP contribution in [0, 0.1) is 0 Å². The highest BCUT2D eigenvalue weighted by molar-refractivity contribution is 8.00. The molecule has 4 heterocycles. The Morgan fingerprint density at radius 3 is 1.48 bits per heavy atom. The molecule has 22 nitrogen and oxygen atoms in total. The van der Waals surface area contributed by atoms with E-state index in [1.807, 2.05) is 44.3 Å². The second-order valence-electron chi connectivity index (χ2n) is 20.8. The summed E-state index contributed by atoms with van der Waals surface area (Å²) in [4.78, 5) is 101. The number of benzene rings is 1. The predicted octanol–water partition coefficient (Wildman–Crippen LogP) is 2.48. The van der Waals surface area contributed by atoms with Gasteiger partial charge in [-0.2, -0.15) is 23.5 Å². The quantitative estimate of drug-likeness (QED) is 0.0260. The summed E-state index contributed by atoms with van der Waals surface area (Å²) in [5.74, 6) is 0.780. The monoisotopic (exact) mass is 1120 g/mol. The van der Waals surface area contributed by atoms with Crippen LogP contribution in [0.3, 0.4) is 0 Å². The van der Waals surface area contributed by atoms with Crippen LogP contribution in [0.2, 0.25) is 0 Å². The Balaban J connectivity index is 0.938.